The highest BCUT2D eigenvalue weighted by Gasteiger charge is 2.06. The van der Waals surface area contributed by atoms with Gasteiger partial charge >= 0.3 is 10.4 Å². The molecule has 0 aliphatic carbocycles. The van der Waals surface area contributed by atoms with E-state index in [1.165, 1.54) is 0 Å². The molecule has 0 radical (unpaired) electrons. The largest absolute Gasteiger partial charge is 0.399 e. The Labute approximate surface area is 87.3 Å². The predicted octanol–water partition coefficient (Wildman–Crippen LogP) is 0.872. The monoisotopic (exact) mass is 227 g/mol. The van der Waals surface area contributed by atoms with Gasteiger partial charge in [0, 0.05) is 0 Å². The second-order valence-corrected chi connectivity index (χ2v) is 3.91. The fourth-order valence-corrected chi connectivity index (χ4v) is 0.968. The summed E-state index contributed by atoms with van der Waals surface area (Å²) in [5.74, 6) is 0. The number of hydrogen-bond acceptors (Lipinski definition) is 5. The summed E-state index contributed by atoms with van der Waals surface area (Å²) in [6.45, 7) is 6.65. The molecule has 0 bridgehead atoms. The first-order valence-corrected chi connectivity index (χ1v) is 5.91. The van der Waals surface area contributed by atoms with Gasteiger partial charge in [-0.3, -0.25) is 0 Å². The van der Waals surface area contributed by atoms with Gasteiger partial charge in [-0.25, -0.2) is 8.37 Å². The van der Waals surface area contributed by atoms with Crippen LogP contribution in [0.25, 0.3) is 0 Å². The quantitative estimate of drug-likeness (QED) is 0.697. The van der Waals surface area contributed by atoms with Crippen molar-refractivity contribution in [3.63, 3.8) is 0 Å². The normalized spacial score (nSPS) is 11.0. The van der Waals surface area contributed by atoms with Crippen molar-refractivity contribution >= 4 is 10.4 Å². The Hall–Kier alpha value is -0.170. The highest BCUT2D eigenvalue weighted by atomic mass is 32.3. The molecule has 0 aliphatic rings. The molecule has 0 aromatic heterocycles. The van der Waals surface area contributed by atoms with Crippen LogP contribution in [0.5, 0.6) is 0 Å². The van der Waals surface area contributed by atoms with Gasteiger partial charge in [-0.15, -0.1) is 0 Å². The molecule has 0 heterocycles. The molecule has 14 heavy (non-hydrogen) atoms. The zero-order valence-electron chi connectivity index (χ0n) is 9.61. The van der Waals surface area contributed by atoms with Gasteiger partial charge in [0.15, 0.2) is 0 Å². The molecule has 0 aromatic carbocycles. The Morgan fingerprint density at radius 2 is 1.29 bits per heavy atom. The van der Waals surface area contributed by atoms with Crippen LogP contribution < -0.4 is 0 Å². The number of hydrogen-bond donors (Lipinski definition) is 0. The molecule has 0 aromatic rings. The van der Waals surface area contributed by atoms with Gasteiger partial charge in [0.1, 0.15) is 0 Å². The molecule has 0 aliphatic heterocycles. The molecule has 0 atom stereocenters. The van der Waals surface area contributed by atoms with E-state index in [2.05, 4.69) is 34.3 Å². The summed E-state index contributed by atoms with van der Waals surface area (Å²) in [4.78, 5) is 2.12. The fraction of sp³-hybridized carbons (Fsp3) is 1.00. The van der Waals surface area contributed by atoms with Crippen LogP contribution in [0.15, 0.2) is 0 Å². The molecule has 0 fully saturated rings. The molecule has 0 unspecified atom stereocenters. The zero-order valence-corrected chi connectivity index (χ0v) is 10.4. The van der Waals surface area contributed by atoms with Gasteiger partial charge in [0.2, 0.25) is 0 Å². The lowest BCUT2D eigenvalue weighted by Crippen LogP contribution is -2.09. The van der Waals surface area contributed by atoms with Gasteiger partial charge in [-0.2, -0.15) is 8.42 Å². The van der Waals surface area contributed by atoms with E-state index in [0.717, 1.165) is 6.54 Å². The van der Waals surface area contributed by atoms with Crippen molar-refractivity contribution in [3.05, 3.63) is 0 Å². The van der Waals surface area contributed by atoms with Crippen molar-refractivity contribution in [2.75, 3.05) is 33.9 Å². The Morgan fingerprint density at radius 3 is 1.43 bits per heavy atom. The molecule has 0 saturated heterocycles. The lowest BCUT2D eigenvalue weighted by atomic mass is 10.7. The van der Waals surface area contributed by atoms with Crippen molar-refractivity contribution in [1.82, 2.24) is 4.90 Å². The first kappa shape index (κ1) is 16.3. The highest BCUT2D eigenvalue weighted by molar-refractivity contribution is 7.81. The summed E-state index contributed by atoms with van der Waals surface area (Å²) in [6, 6.07) is 0. The summed E-state index contributed by atoms with van der Waals surface area (Å²) in [5.41, 5.74) is 0. The van der Waals surface area contributed by atoms with Crippen molar-refractivity contribution in [2.24, 2.45) is 0 Å². The van der Waals surface area contributed by atoms with E-state index in [0.29, 0.717) is 0 Å². The van der Waals surface area contributed by atoms with Crippen molar-refractivity contribution < 1.29 is 16.8 Å². The van der Waals surface area contributed by atoms with Gasteiger partial charge in [-0.1, -0.05) is 6.92 Å². The minimum atomic E-state index is -3.68. The summed E-state index contributed by atoms with van der Waals surface area (Å²) in [7, 11) is 0.429. The van der Waals surface area contributed by atoms with Crippen LogP contribution in [0, 0.1) is 0 Å². The molecule has 0 rings (SSSR count). The van der Waals surface area contributed by atoms with E-state index in [-0.39, 0.29) is 13.2 Å². The summed E-state index contributed by atoms with van der Waals surface area (Å²) < 4.78 is 29.2. The Bertz CT molecular complexity index is 189. The number of rotatable bonds is 5. The minimum Gasteiger partial charge on any atom is -0.310 e. The first-order chi connectivity index (χ1) is 6.39. The van der Waals surface area contributed by atoms with Crippen LogP contribution in [0.2, 0.25) is 0 Å². The molecule has 0 spiro atoms. The third kappa shape index (κ3) is 14.4. The average molecular weight is 227 g/mol. The van der Waals surface area contributed by atoms with Crippen LogP contribution in [0.3, 0.4) is 0 Å². The van der Waals surface area contributed by atoms with E-state index < -0.39 is 10.4 Å². The van der Waals surface area contributed by atoms with E-state index in [9.17, 15) is 8.42 Å². The Kier molecular flexibility index (Phi) is 10.9. The fourth-order valence-electron chi connectivity index (χ4n) is 0.323. The molecule has 0 amide bonds. The lowest BCUT2D eigenvalue weighted by Gasteiger charge is -2.00. The smallest absolute Gasteiger partial charge is 0.310 e. The SMILES string of the molecule is CCN(C)C.CCOS(=O)(=O)OCC. The molecule has 0 saturated carbocycles. The van der Waals surface area contributed by atoms with Crippen LogP contribution in [-0.2, 0) is 18.8 Å². The van der Waals surface area contributed by atoms with Crippen molar-refractivity contribution in [3.8, 4) is 0 Å². The summed E-state index contributed by atoms with van der Waals surface area (Å²) >= 11 is 0. The maximum atomic E-state index is 10.4. The third-order valence-electron chi connectivity index (χ3n) is 1.16. The van der Waals surface area contributed by atoms with E-state index >= 15 is 0 Å². The topological polar surface area (TPSA) is 55.8 Å². The zero-order chi connectivity index (χ0) is 11.6. The molecule has 0 N–H and O–H groups in total. The first-order valence-electron chi connectivity index (χ1n) is 4.58. The number of nitrogens with zero attached hydrogens (tertiary/aromatic N) is 1. The van der Waals surface area contributed by atoms with Crippen molar-refractivity contribution in [1.29, 1.82) is 0 Å². The lowest BCUT2D eigenvalue weighted by molar-refractivity contribution is 0.231. The highest BCUT2D eigenvalue weighted by Crippen LogP contribution is 1.93. The molecule has 88 valence electrons. The van der Waals surface area contributed by atoms with E-state index in [4.69, 9.17) is 0 Å². The second kappa shape index (κ2) is 9.39. The molecule has 5 nitrogen and oxygen atoms in total. The third-order valence-corrected chi connectivity index (χ3v) is 2.21. The molecular formula is C8H21NO4S. The van der Waals surface area contributed by atoms with Gasteiger partial charge in [0.25, 0.3) is 0 Å². The van der Waals surface area contributed by atoms with Crippen LogP contribution >= 0.6 is 0 Å². The maximum absolute atomic E-state index is 10.4. The van der Waals surface area contributed by atoms with E-state index in [1.54, 1.807) is 13.8 Å². The Morgan fingerprint density at radius 1 is 1.00 bits per heavy atom. The predicted molar refractivity (Wildman–Crippen MR) is 56.4 cm³/mol. The summed E-state index contributed by atoms with van der Waals surface area (Å²) in [6.07, 6.45) is 0. The van der Waals surface area contributed by atoms with Gasteiger partial charge in [-0.05, 0) is 34.5 Å². The second-order valence-electron chi connectivity index (χ2n) is 2.62. The van der Waals surface area contributed by atoms with Gasteiger partial charge in [0.05, 0.1) is 13.2 Å². The van der Waals surface area contributed by atoms with Gasteiger partial charge < -0.3 is 4.90 Å². The standard InChI is InChI=1S/C4H11N.C4H10O4S/c1-4-5(2)3;1-3-7-9(5,6)8-4-2/h4H2,1-3H3;3-4H2,1-2H3. The molecule has 6 heteroatoms. The van der Waals surface area contributed by atoms with Crippen LogP contribution in [-0.4, -0.2) is 47.2 Å². The molecular weight excluding hydrogens is 206 g/mol. The van der Waals surface area contributed by atoms with E-state index in [1.807, 2.05) is 0 Å². The van der Waals surface area contributed by atoms with Crippen molar-refractivity contribution in [2.45, 2.75) is 20.8 Å². The van der Waals surface area contributed by atoms with Crippen LogP contribution in [0.4, 0.5) is 0 Å². The van der Waals surface area contributed by atoms with Crippen LogP contribution in [0.1, 0.15) is 20.8 Å². The Balaban J connectivity index is 0. The minimum absolute atomic E-state index is 0.113. The average Bonchev–Trinajstić information content (AvgIpc) is 2.05. The maximum Gasteiger partial charge on any atom is 0.399 e. The summed E-state index contributed by atoms with van der Waals surface area (Å²) in [5, 5.41) is 0.